The maximum absolute atomic E-state index is 15.4. The van der Waals surface area contributed by atoms with Crippen LogP contribution in [0, 0.1) is 11.6 Å². The summed E-state index contributed by atoms with van der Waals surface area (Å²) in [6.45, 7) is 12.4. The maximum atomic E-state index is 15.4. The van der Waals surface area contributed by atoms with Gasteiger partial charge in [0.2, 0.25) is 0 Å². The number of hydrogen-bond acceptors (Lipinski definition) is 4. The van der Waals surface area contributed by atoms with Crippen LogP contribution in [0.15, 0.2) is 286 Å². The minimum atomic E-state index is -0.929. The number of halogens is 2. The molecular formula is C81H57F2NO3. The molecule has 4 nitrogen and oxygen atoms in total. The van der Waals surface area contributed by atoms with Crippen molar-refractivity contribution < 1.29 is 23.0 Å². The molecule has 418 valence electrons. The van der Waals surface area contributed by atoms with E-state index < -0.39 is 16.2 Å². The molecule has 0 amide bonds. The van der Waals surface area contributed by atoms with E-state index in [0.717, 1.165) is 118 Å². The molecule has 15 rings (SSSR count). The number of ether oxygens (including phenoxy) is 3. The first-order valence-corrected chi connectivity index (χ1v) is 29.3. The summed E-state index contributed by atoms with van der Waals surface area (Å²) in [4.78, 5) is 2.34. The van der Waals surface area contributed by atoms with E-state index in [1.165, 1.54) is 0 Å². The van der Waals surface area contributed by atoms with Crippen LogP contribution in [-0.2, 0) is 16.2 Å². The summed E-state index contributed by atoms with van der Waals surface area (Å²) >= 11 is 0. The quantitative estimate of drug-likeness (QED) is 0.115. The topological polar surface area (TPSA) is 30.9 Å². The van der Waals surface area contributed by atoms with Gasteiger partial charge in [-0.1, -0.05) is 203 Å². The van der Waals surface area contributed by atoms with Crippen molar-refractivity contribution in [3.63, 3.8) is 0 Å². The number of para-hydroxylation sites is 2. The second-order valence-corrected chi connectivity index (χ2v) is 23.1. The molecular weight excluding hydrogens is 1070 g/mol. The Kier molecular flexibility index (Phi) is 12.6. The van der Waals surface area contributed by atoms with Gasteiger partial charge in [-0.2, -0.15) is 0 Å². The lowest BCUT2D eigenvalue weighted by molar-refractivity contribution is 0.419. The number of benzene rings is 12. The fourth-order valence-electron chi connectivity index (χ4n) is 14.0. The third kappa shape index (κ3) is 8.46. The van der Waals surface area contributed by atoms with E-state index >= 15 is 8.78 Å². The molecule has 1 heterocycles. The van der Waals surface area contributed by atoms with Crippen LogP contribution >= 0.6 is 0 Å². The van der Waals surface area contributed by atoms with Gasteiger partial charge in [0.1, 0.15) is 40.4 Å². The van der Waals surface area contributed by atoms with Gasteiger partial charge in [-0.05, 0) is 187 Å². The van der Waals surface area contributed by atoms with Gasteiger partial charge < -0.3 is 19.1 Å². The highest BCUT2D eigenvalue weighted by Crippen LogP contribution is 2.61. The van der Waals surface area contributed by atoms with Crippen molar-refractivity contribution in [3.05, 3.63) is 365 Å². The monoisotopic (exact) mass is 1130 g/mol. The van der Waals surface area contributed by atoms with Gasteiger partial charge in [0.25, 0.3) is 0 Å². The van der Waals surface area contributed by atoms with Crippen LogP contribution in [0.4, 0.5) is 25.8 Å². The van der Waals surface area contributed by atoms with Crippen molar-refractivity contribution in [2.75, 3.05) is 4.90 Å². The van der Waals surface area contributed by atoms with E-state index in [-0.39, 0.29) is 11.6 Å². The molecule has 6 heteroatoms. The summed E-state index contributed by atoms with van der Waals surface area (Å²) in [6, 6.07) is 91.7. The van der Waals surface area contributed by atoms with Gasteiger partial charge in [0, 0.05) is 27.9 Å². The second-order valence-electron chi connectivity index (χ2n) is 23.1. The van der Waals surface area contributed by atoms with Gasteiger partial charge in [-0.25, -0.2) is 8.78 Å². The average molecular weight is 1130 g/mol. The Balaban J connectivity index is 0.963. The molecule has 0 bridgehead atoms. The smallest absolute Gasteiger partial charge is 0.155 e. The first kappa shape index (κ1) is 52.9. The van der Waals surface area contributed by atoms with E-state index in [1.54, 1.807) is 24.3 Å². The zero-order valence-corrected chi connectivity index (χ0v) is 48.0. The SMILES string of the molecule is C=Cc1ccc(Oc2ccc(C3(c4ccc(F)cc4)c4ccccc4-c4ccc(N(c5ccc6c(c5)C(c5ccc(F)cc5)(c5ccc(Oc7ccc(C=C)cc7)cc5)c5ccccc5-6)c5cccc6c5Oc5ccccc5C6(C)C)cc43)cc2)cc1. The second kappa shape index (κ2) is 20.8. The maximum Gasteiger partial charge on any atom is 0.155 e. The Morgan fingerprint density at radius 3 is 1.17 bits per heavy atom. The van der Waals surface area contributed by atoms with Crippen LogP contribution in [0.2, 0.25) is 0 Å². The Labute approximate surface area is 505 Å². The average Bonchev–Trinajstić information content (AvgIpc) is 1.59. The van der Waals surface area contributed by atoms with Crippen molar-refractivity contribution in [1.82, 2.24) is 0 Å². The molecule has 0 saturated carbocycles. The molecule has 2 aliphatic carbocycles. The Bertz CT molecular complexity index is 4420. The van der Waals surface area contributed by atoms with Crippen molar-refractivity contribution in [2.45, 2.75) is 30.1 Å². The van der Waals surface area contributed by atoms with E-state index in [9.17, 15) is 0 Å². The molecule has 0 aromatic heterocycles. The molecule has 2 unspecified atom stereocenters. The highest BCUT2D eigenvalue weighted by Gasteiger charge is 2.49. The van der Waals surface area contributed by atoms with Crippen molar-refractivity contribution in [2.24, 2.45) is 0 Å². The molecule has 0 spiro atoms. The summed E-state index contributed by atoms with van der Waals surface area (Å²) < 4.78 is 50.8. The Morgan fingerprint density at radius 1 is 0.368 bits per heavy atom. The van der Waals surface area contributed by atoms with Gasteiger partial charge >= 0.3 is 0 Å². The van der Waals surface area contributed by atoms with Crippen LogP contribution in [0.5, 0.6) is 34.5 Å². The molecule has 87 heavy (non-hydrogen) atoms. The van der Waals surface area contributed by atoms with Gasteiger partial charge in [0.05, 0.1) is 16.5 Å². The number of hydrogen-bond donors (Lipinski definition) is 0. The third-order valence-electron chi connectivity index (χ3n) is 18.1. The van der Waals surface area contributed by atoms with E-state index in [1.807, 2.05) is 115 Å². The third-order valence-corrected chi connectivity index (χ3v) is 18.1. The number of fused-ring (bicyclic) bond motifs is 8. The summed E-state index contributed by atoms with van der Waals surface area (Å²) in [5.41, 5.74) is 16.7. The molecule has 3 aliphatic rings. The normalized spacial score (nSPS) is 16.2. The van der Waals surface area contributed by atoms with Crippen molar-refractivity contribution >= 4 is 29.2 Å². The zero-order valence-electron chi connectivity index (χ0n) is 48.0. The molecule has 0 fully saturated rings. The molecule has 0 radical (unpaired) electrons. The Hall–Kier alpha value is -10.8. The molecule has 1 aliphatic heterocycles. The van der Waals surface area contributed by atoms with Crippen LogP contribution in [0.25, 0.3) is 34.4 Å². The van der Waals surface area contributed by atoms with Gasteiger partial charge in [-0.15, -0.1) is 0 Å². The highest BCUT2D eigenvalue weighted by atomic mass is 19.1. The lowest BCUT2D eigenvalue weighted by Gasteiger charge is -2.38. The van der Waals surface area contributed by atoms with E-state index in [0.29, 0.717) is 23.0 Å². The molecule has 12 aromatic rings. The predicted octanol–water partition coefficient (Wildman–Crippen LogP) is 21.5. The van der Waals surface area contributed by atoms with Gasteiger partial charge in [-0.3, -0.25) is 0 Å². The summed E-state index contributed by atoms with van der Waals surface area (Å²) in [5.74, 6) is 3.68. The first-order valence-electron chi connectivity index (χ1n) is 29.3. The number of rotatable bonds is 13. The largest absolute Gasteiger partial charge is 0.457 e. The van der Waals surface area contributed by atoms with Crippen molar-refractivity contribution in [3.8, 4) is 56.8 Å². The zero-order chi connectivity index (χ0) is 59.0. The highest BCUT2D eigenvalue weighted by molar-refractivity contribution is 5.93. The Morgan fingerprint density at radius 2 is 0.736 bits per heavy atom. The molecule has 0 saturated heterocycles. The molecule has 2 atom stereocenters. The first-order chi connectivity index (χ1) is 42.6. The van der Waals surface area contributed by atoms with Crippen molar-refractivity contribution in [1.29, 1.82) is 0 Å². The van der Waals surface area contributed by atoms with Crippen LogP contribution < -0.4 is 19.1 Å². The predicted molar refractivity (Wildman–Crippen MR) is 348 cm³/mol. The van der Waals surface area contributed by atoms with Crippen LogP contribution in [0.3, 0.4) is 0 Å². The fraction of sp³-hybridized carbons (Fsp3) is 0.0617. The van der Waals surface area contributed by atoms with Gasteiger partial charge in [0.15, 0.2) is 5.75 Å². The minimum absolute atomic E-state index is 0.320. The summed E-state index contributed by atoms with van der Waals surface area (Å²) in [6.07, 6.45) is 3.62. The van der Waals surface area contributed by atoms with E-state index in [4.69, 9.17) is 14.2 Å². The minimum Gasteiger partial charge on any atom is -0.457 e. The molecule has 12 aromatic carbocycles. The number of anilines is 3. The summed E-state index contributed by atoms with van der Waals surface area (Å²) in [5, 5.41) is 0. The van der Waals surface area contributed by atoms with E-state index in [2.05, 4.69) is 177 Å². The number of nitrogens with zero attached hydrogens (tertiary/aromatic N) is 1. The molecule has 0 N–H and O–H groups in total. The lowest BCUT2D eigenvalue weighted by Crippen LogP contribution is -2.29. The van der Waals surface area contributed by atoms with Crippen LogP contribution in [0.1, 0.15) is 80.6 Å². The standard InChI is InChI=1S/C81H57F2NO3/c1-5-52-22-40-62(41-23-52)85-64-44-30-56(31-45-64)80(54-26-34-58(82)35-27-54)70-16-9-7-14-66(70)68-48-38-60(50-74(68)80)84(76-20-13-19-73-78(76)87-77-21-12-11-18-72(77)79(73,3)4)61-39-49-69-67-15-8-10-17-71(67)81(75(69)51-61,55-28-36-59(83)37-29-55)57-32-46-65(47-33-57)86-63-42-24-53(6-2)25-43-63/h5-51H,1-2H2,3-4H3. The van der Waals surface area contributed by atoms with Crippen LogP contribution in [-0.4, -0.2) is 0 Å². The lowest BCUT2D eigenvalue weighted by atomic mass is 9.67. The fourth-order valence-corrected chi connectivity index (χ4v) is 14.0. The summed E-state index contributed by atoms with van der Waals surface area (Å²) in [7, 11) is 0.